The Morgan fingerprint density at radius 1 is 1.50 bits per heavy atom. The first-order valence-corrected chi connectivity index (χ1v) is 5.17. The molecule has 1 atom stereocenters. The van der Waals surface area contributed by atoms with Gasteiger partial charge in [-0.15, -0.1) is 0 Å². The van der Waals surface area contributed by atoms with E-state index in [1.165, 1.54) is 0 Å². The second-order valence-electron chi connectivity index (χ2n) is 3.25. The minimum Gasteiger partial charge on any atom is -0.508 e. The highest BCUT2D eigenvalue weighted by molar-refractivity contribution is 9.10. The number of aliphatic hydroxyl groups excluding tert-OH is 1. The molecule has 78 valence electrons. The van der Waals surface area contributed by atoms with Crippen molar-refractivity contribution in [1.82, 2.24) is 5.32 Å². The molecule has 3 nitrogen and oxygen atoms in total. The first-order valence-electron chi connectivity index (χ1n) is 4.38. The molecule has 1 aromatic carbocycles. The predicted octanol–water partition coefficient (Wildman–Crippen LogP) is 1.72. The van der Waals surface area contributed by atoms with Crippen molar-refractivity contribution in [2.24, 2.45) is 0 Å². The average molecular weight is 260 g/mol. The first-order chi connectivity index (χ1) is 6.56. The molecule has 0 radical (unpaired) electrons. The maximum Gasteiger partial charge on any atom is 0.122 e. The summed E-state index contributed by atoms with van der Waals surface area (Å²) >= 11 is 3.32. The second kappa shape index (κ2) is 4.77. The number of aliphatic hydroxyl groups is 1. The van der Waals surface area contributed by atoms with Crippen LogP contribution in [0.4, 0.5) is 0 Å². The molecule has 14 heavy (non-hydrogen) atoms. The van der Waals surface area contributed by atoms with Crippen LogP contribution in [0.1, 0.15) is 17.2 Å². The van der Waals surface area contributed by atoms with Gasteiger partial charge >= 0.3 is 0 Å². The molecule has 0 spiro atoms. The summed E-state index contributed by atoms with van der Waals surface area (Å²) in [5.74, 6) is 0.125. The van der Waals surface area contributed by atoms with Crippen LogP contribution in [0, 0.1) is 6.92 Å². The largest absolute Gasteiger partial charge is 0.508 e. The van der Waals surface area contributed by atoms with Crippen molar-refractivity contribution in [3.8, 4) is 5.75 Å². The van der Waals surface area contributed by atoms with E-state index >= 15 is 0 Å². The maximum absolute atomic E-state index is 9.72. The van der Waals surface area contributed by atoms with Crippen molar-refractivity contribution in [2.75, 3.05) is 13.6 Å². The van der Waals surface area contributed by atoms with Gasteiger partial charge in [-0.05, 0) is 31.7 Å². The van der Waals surface area contributed by atoms with Gasteiger partial charge in [0.15, 0.2) is 0 Å². The van der Waals surface area contributed by atoms with Crippen molar-refractivity contribution in [3.63, 3.8) is 0 Å². The van der Waals surface area contributed by atoms with Gasteiger partial charge < -0.3 is 15.5 Å². The molecule has 0 bridgehead atoms. The van der Waals surface area contributed by atoms with Crippen LogP contribution >= 0.6 is 15.9 Å². The van der Waals surface area contributed by atoms with Gasteiger partial charge in [0.25, 0.3) is 0 Å². The van der Waals surface area contributed by atoms with E-state index in [0.29, 0.717) is 12.1 Å². The SMILES string of the molecule is CNCC(O)c1c(O)cc(C)cc1Br. The normalized spacial score (nSPS) is 12.9. The van der Waals surface area contributed by atoms with E-state index in [-0.39, 0.29) is 5.75 Å². The van der Waals surface area contributed by atoms with E-state index in [9.17, 15) is 10.2 Å². The molecule has 0 amide bonds. The fourth-order valence-corrected chi connectivity index (χ4v) is 2.19. The molecular weight excluding hydrogens is 246 g/mol. The molecule has 1 aromatic rings. The van der Waals surface area contributed by atoms with Crippen molar-refractivity contribution in [3.05, 3.63) is 27.7 Å². The summed E-state index contributed by atoms with van der Waals surface area (Å²) < 4.78 is 0.734. The molecule has 0 saturated heterocycles. The number of hydrogen-bond acceptors (Lipinski definition) is 3. The van der Waals surface area contributed by atoms with Gasteiger partial charge in [0.2, 0.25) is 0 Å². The number of phenols is 1. The van der Waals surface area contributed by atoms with Crippen LogP contribution < -0.4 is 5.32 Å². The van der Waals surface area contributed by atoms with Crippen LogP contribution in [0.3, 0.4) is 0 Å². The number of phenolic OH excluding ortho intramolecular Hbond substituents is 1. The van der Waals surface area contributed by atoms with Gasteiger partial charge in [-0.25, -0.2) is 0 Å². The van der Waals surface area contributed by atoms with E-state index in [1.807, 2.05) is 13.0 Å². The zero-order valence-corrected chi connectivity index (χ0v) is 9.80. The molecule has 1 unspecified atom stereocenters. The lowest BCUT2D eigenvalue weighted by molar-refractivity contribution is 0.173. The van der Waals surface area contributed by atoms with Gasteiger partial charge in [-0.3, -0.25) is 0 Å². The summed E-state index contributed by atoms with van der Waals surface area (Å²) in [6.45, 7) is 2.30. The molecule has 0 aliphatic heterocycles. The lowest BCUT2D eigenvalue weighted by Crippen LogP contribution is -2.17. The quantitative estimate of drug-likeness (QED) is 0.775. The van der Waals surface area contributed by atoms with Gasteiger partial charge in [-0.2, -0.15) is 0 Å². The van der Waals surface area contributed by atoms with E-state index in [2.05, 4.69) is 21.2 Å². The van der Waals surface area contributed by atoms with Crippen LogP contribution in [0.5, 0.6) is 5.75 Å². The number of nitrogens with one attached hydrogen (secondary N) is 1. The third-order valence-corrected chi connectivity index (χ3v) is 2.64. The Morgan fingerprint density at radius 2 is 2.14 bits per heavy atom. The number of aromatic hydroxyl groups is 1. The Kier molecular flexibility index (Phi) is 3.92. The number of halogens is 1. The molecule has 0 aromatic heterocycles. The first kappa shape index (κ1) is 11.5. The van der Waals surface area contributed by atoms with Gasteiger partial charge in [0.1, 0.15) is 5.75 Å². The molecular formula is C10H14BrNO2. The van der Waals surface area contributed by atoms with Crippen molar-refractivity contribution < 1.29 is 10.2 Å². The standard InChI is InChI=1S/C10H14BrNO2/c1-6-3-7(11)10(8(13)4-6)9(14)5-12-2/h3-4,9,12-14H,5H2,1-2H3. The Balaban J connectivity index is 3.07. The highest BCUT2D eigenvalue weighted by Crippen LogP contribution is 2.32. The highest BCUT2D eigenvalue weighted by atomic mass is 79.9. The summed E-state index contributed by atoms with van der Waals surface area (Å²) in [4.78, 5) is 0. The number of hydrogen-bond donors (Lipinski definition) is 3. The topological polar surface area (TPSA) is 52.5 Å². The zero-order chi connectivity index (χ0) is 10.7. The van der Waals surface area contributed by atoms with Crippen LogP contribution in [0.15, 0.2) is 16.6 Å². The summed E-state index contributed by atoms with van der Waals surface area (Å²) in [6, 6.07) is 3.51. The lowest BCUT2D eigenvalue weighted by atomic mass is 10.1. The smallest absolute Gasteiger partial charge is 0.122 e. The van der Waals surface area contributed by atoms with Crippen LogP contribution in [-0.4, -0.2) is 23.8 Å². The molecule has 3 N–H and O–H groups in total. The maximum atomic E-state index is 9.72. The Labute approximate surface area is 91.9 Å². The van der Waals surface area contributed by atoms with Crippen LogP contribution in [0.25, 0.3) is 0 Å². The molecule has 0 saturated carbocycles. The van der Waals surface area contributed by atoms with Crippen molar-refractivity contribution >= 4 is 15.9 Å². The Hall–Kier alpha value is -0.580. The zero-order valence-electron chi connectivity index (χ0n) is 8.21. The summed E-state index contributed by atoms with van der Waals surface area (Å²) in [6.07, 6.45) is -0.699. The lowest BCUT2D eigenvalue weighted by Gasteiger charge is -2.14. The highest BCUT2D eigenvalue weighted by Gasteiger charge is 2.15. The monoisotopic (exact) mass is 259 g/mol. The third kappa shape index (κ3) is 2.47. The van der Waals surface area contributed by atoms with E-state index < -0.39 is 6.10 Å². The van der Waals surface area contributed by atoms with Gasteiger partial charge in [0.05, 0.1) is 6.10 Å². The molecule has 1 rings (SSSR count). The molecule has 0 aliphatic rings. The van der Waals surface area contributed by atoms with Crippen LogP contribution in [-0.2, 0) is 0 Å². The number of aryl methyl sites for hydroxylation is 1. The van der Waals surface area contributed by atoms with Crippen molar-refractivity contribution in [2.45, 2.75) is 13.0 Å². The minimum atomic E-state index is -0.699. The third-order valence-electron chi connectivity index (χ3n) is 1.98. The van der Waals surface area contributed by atoms with Gasteiger partial charge in [0, 0.05) is 16.6 Å². The summed E-state index contributed by atoms with van der Waals surface area (Å²) in [5.41, 5.74) is 1.49. The van der Waals surface area contributed by atoms with E-state index in [1.54, 1.807) is 13.1 Å². The number of likely N-dealkylation sites (N-methyl/N-ethyl adjacent to an activating group) is 1. The fraction of sp³-hybridized carbons (Fsp3) is 0.400. The molecule has 4 heteroatoms. The summed E-state index contributed by atoms with van der Waals surface area (Å²) in [5, 5.41) is 22.2. The predicted molar refractivity (Wildman–Crippen MR) is 59.4 cm³/mol. The average Bonchev–Trinajstić information content (AvgIpc) is 2.01. The molecule has 0 aliphatic carbocycles. The van der Waals surface area contributed by atoms with E-state index in [0.717, 1.165) is 10.0 Å². The second-order valence-corrected chi connectivity index (χ2v) is 4.11. The summed E-state index contributed by atoms with van der Waals surface area (Å²) in [7, 11) is 1.75. The van der Waals surface area contributed by atoms with Crippen molar-refractivity contribution in [1.29, 1.82) is 0 Å². The molecule has 0 heterocycles. The molecule has 0 fully saturated rings. The number of benzene rings is 1. The van der Waals surface area contributed by atoms with Gasteiger partial charge in [-0.1, -0.05) is 15.9 Å². The minimum absolute atomic E-state index is 0.125. The Morgan fingerprint density at radius 3 is 2.64 bits per heavy atom. The fourth-order valence-electron chi connectivity index (χ4n) is 1.36. The van der Waals surface area contributed by atoms with E-state index in [4.69, 9.17) is 0 Å². The Bertz CT molecular complexity index is 305. The number of rotatable bonds is 3. The van der Waals surface area contributed by atoms with Crippen LogP contribution in [0.2, 0.25) is 0 Å².